The fourth-order valence-electron chi connectivity index (χ4n) is 3.88. The van der Waals surface area contributed by atoms with Gasteiger partial charge in [-0.05, 0) is 31.9 Å². The lowest BCUT2D eigenvalue weighted by Gasteiger charge is -2.44. The Hall–Kier alpha value is -0.970. The Balaban J connectivity index is 1.68. The van der Waals surface area contributed by atoms with E-state index in [1.807, 2.05) is 0 Å². The number of methoxy groups -OCH3 is 1. The molecule has 0 bridgehead atoms. The molecule has 4 heteroatoms. The monoisotopic (exact) mass is 290 g/mol. The lowest BCUT2D eigenvalue weighted by atomic mass is 9.89. The Morgan fingerprint density at radius 2 is 2.38 bits per heavy atom. The molecule has 0 amide bonds. The van der Waals surface area contributed by atoms with Crippen molar-refractivity contribution in [1.82, 2.24) is 9.88 Å². The number of pyridine rings is 1. The molecule has 0 aromatic carbocycles. The SMILES string of the molecule is COC[C@@H]1CCC[C@]12CN(Cc1cccc(C)n1)CCO2. The van der Waals surface area contributed by atoms with Gasteiger partial charge in [-0.25, -0.2) is 0 Å². The summed E-state index contributed by atoms with van der Waals surface area (Å²) >= 11 is 0. The molecule has 1 saturated carbocycles. The van der Waals surface area contributed by atoms with Gasteiger partial charge < -0.3 is 9.47 Å². The van der Waals surface area contributed by atoms with Crippen molar-refractivity contribution in [1.29, 1.82) is 0 Å². The van der Waals surface area contributed by atoms with Crippen LogP contribution in [0.1, 0.15) is 30.7 Å². The van der Waals surface area contributed by atoms with E-state index in [4.69, 9.17) is 9.47 Å². The lowest BCUT2D eigenvalue weighted by Crippen LogP contribution is -2.54. The molecular formula is C17H26N2O2. The van der Waals surface area contributed by atoms with Crippen molar-refractivity contribution in [3.63, 3.8) is 0 Å². The van der Waals surface area contributed by atoms with Crippen molar-refractivity contribution in [2.24, 2.45) is 5.92 Å². The zero-order valence-corrected chi connectivity index (χ0v) is 13.2. The maximum Gasteiger partial charge on any atom is 0.0859 e. The van der Waals surface area contributed by atoms with Gasteiger partial charge in [0.15, 0.2) is 0 Å². The van der Waals surface area contributed by atoms with Crippen molar-refractivity contribution >= 4 is 0 Å². The molecule has 2 aliphatic rings. The molecule has 2 heterocycles. The second-order valence-corrected chi connectivity index (χ2v) is 6.44. The van der Waals surface area contributed by atoms with Crippen LogP contribution in [0.4, 0.5) is 0 Å². The summed E-state index contributed by atoms with van der Waals surface area (Å²) in [4.78, 5) is 7.13. The van der Waals surface area contributed by atoms with Crippen LogP contribution in [0.5, 0.6) is 0 Å². The predicted octanol–water partition coefficient (Wildman–Crippen LogP) is 2.41. The van der Waals surface area contributed by atoms with Gasteiger partial charge in [0, 0.05) is 38.4 Å². The maximum atomic E-state index is 6.24. The van der Waals surface area contributed by atoms with Crippen molar-refractivity contribution < 1.29 is 9.47 Å². The minimum atomic E-state index is 0.0120. The van der Waals surface area contributed by atoms with Gasteiger partial charge in [0.05, 0.1) is 24.5 Å². The molecular weight excluding hydrogens is 264 g/mol. The first-order valence-electron chi connectivity index (χ1n) is 8.00. The summed E-state index contributed by atoms with van der Waals surface area (Å²) in [6.07, 6.45) is 3.65. The Labute approximate surface area is 127 Å². The predicted molar refractivity (Wildman–Crippen MR) is 82.2 cm³/mol. The highest BCUT2D eigenvalue weighted by Gasteiger charge is 2.46. The number of nitrogens with zero attached hydrogens (tertiary/aromatic N) is 2. The van der Waals surface area contributed by atoms with E-state index >= 15 is 0 Å². The zero-order chi connectivity index (χ0) is 14.7. The highest BCUT2D eigenvalue weighted by atomic mass is 16.5. The Bertz CT molecular complexity index is 480. The second-order valence-electron chi connectivity index (χ2n) is 6.44. The topological polar surface area (TPSA) is 34.6 Å². The fourth-order valence-corrected chi connectivity index (χ4v) is 3.88. The van der Waals surface area contributed by atoms with Gasteiger partial charge in [-0.2, -0.15) is 0 Å². The highest BCUT2D eigenvalue weighted by molar-refractivity contribution is 5.10. The average molecular weight is 290 g/mol. The molecule has 1 aromatic rings. The average Bonchev–Trinajstić information content (AvgIpc) is 2.82. The van der Waals surface area contributed by atoms with E-state index in [-0.39, 0.29) is 5.60 Å². The highest BCUT2D eigenvalue weighted by Crippen LogP contribution is 2.41. The minimum Gasteiger partial charge on any atom is -0.384 e. The van der Waals surface area contributed by atoms with Crippen LogP contribution < -0.4 is 0 Å². The van der Waals surface area contributed by atoms with E-state index in [1.165, 1.54) is 19.3 Å². The molecule has 1 saturated heterocycles. The summed E-state index contributed by atoms with van der Waals surface area (Å²) in [7, 11) is 1.79. The van der Waals surface area contributed by atoms with E-state index in [2.05, 4.69) is 35.0 Å². The van der Waals surface area contributed by atoms with Crippen LogP contribution in [-0.2, 0) is 16.0 Å². The van der Waals surface area contributed by atoms with Crippen LogP contribution in [-0.4, -0.2) is 48.9 Å². The molecule has 0 radical (unpaired) electrons. The van der Waals surface area contributed by atoms with E-state index in [9.17, 15) is 0 Å². The van der Waals surface area contributed by atoms with Crippen LogP contribution in [0.2, 0.25) is 0 Å². The number of aromatic nitrogens is 1. The van der Waals surface area contributed by atoms with E-state index in [1.54, 1.807) is 7.11 Å². The summed E-state index contributed by atoms with van der Waals surface area (Å²) in [5.41, 5.74) is 2.26. The molecule has 116 valence electrons. The first-order chi connectivity index (χ1) is 10.2. The number of hydrogen-bond acceptors (Lipinski definition) is 4. The molecule has 2 atom stereocenters. The second kappa shape index (κ2) is 6.42. The van der Waals surface area contributed by atoms with Crippen molar-refractivity contribution in [2.45, 2.75) is 38.3 Å². The van der Waals surface area contributed by atoms with Gasteiger partial charge in [-0.15, -0.1) is 0 Å². The number of aryl methyl sites for hydroxylation is 1. The van der Waals surface area contributed by atoms with Gasteiger partial charge in [0.2, 0.25) is 0 Å². The van der Waals surface area contributed by atoms with Crippen LogP contribution in [0.25, 0.3) is 0 Å². The summed E-state index contributed by atoms with van der Waals surface area (Å²) in [5, 5.41) is 0. The molecule has 4 nitrogen and oxygen atoms in total. The lowest BCUT2D eigenvalue weighted by molar-refractivity contribution is -0.141. The van der Waals surface area contributed by atoms with Crippen LogP contribution in [0.15, 0.2) is 18.2 Å². The first kappa shape index (κ1) is 14.9. The number of morpholine rings is 1. The molecule has 21 heavy (non-hydrogen) atoms. The summed E-state index contributed by atoms with van der Waals surface area (Å²) < 4.78 is 11.7. The fraction of sp³-hybridized carbons (Fsp3) is 0.706. The normalized spacial score (nSPS) is 30.1. The van der Waals surface area contributed by atoms with Crippen molar-refractivity contribution in [3.8, 4) is 0 Å². The summed E-state index contributed by atoms with van der Waals surface area (Å²) in [6, 6.07) is 6.27. The molecule has 1 aliphatic heterocycles. The Morgan fingerprint density at radius 1 is 1.48 bits per heavy atom. The van der Waals surface area contributed by atoms with Gasteiger partial charge in [-0.3, -0.25) is 9.88 Å². The molecule has 0 N–H and O–H groups in total. The Kier molecular flexibility index (Phi) is 4.57. The minimum absolute atomic E-state index is 0.0120. The van der Waals surface area contributed by atoms with E-state index in [0.29, 0.717) is 5.92 Å². The quantitative estimate of drug-likeness (QED) is 0.853. The van der Waals surface area contributed by atoms with E-state index in [0.717, 1.165) is 44.2 Å². The van der Waals surface area contributed by atoms with Crippen LogP contribution in [0.3, 0.4) is 0 Å². The number of hydrogen-bond donors (Lipinski definition) is 0. The number of ether oxygens (including phenoxy) is 2. The molecule has 3 rings (SSSR count). The van der Waals surface area contributed by atoms with Crippen molar-refractivity contribution in [3.05, 3.63) is 29.6 Å². The largest absolute Gasteiger partial charge is 0.384 e. The van der Waals surface area contributed by atoms with Gasteiger partial charge in [0.25, 0.3) is 0 Å². The molecule has 1 aliphatic carbocycles. The van der Waals surface area contributed by atoms with Crippen molar-refractivity contribution in [2.75, 3.05) is 33.4 Å². The van der Waals surface area contributed by atoms with Gasteiger partial charge in [0.1, 0.15) is 0 Å². The molecule has 0 unspecified atom stereocenters. The molecule has 1 aromatic heterocycles. The third-order valence-electron chi connectivity index (χ3n) is 4.88. The van der Waals surface area contributed by atoms with E-state index < -0.39 is 0 Å². The zero-order valence-electron chi connectivity index (χ0n) is 13.2. The number of rotatable bonds is 4. The summed E-state index contributed by atoms with van der Waals surface area (Å²) in [5.74, 6) is 0.538. The van der Waals surface area contributed by atoms with Gasteiger partial charge >= 0.3 is 0 Å². The van der Waals surface area contributed by atoms with Crippen LogP contribution in [0, 0.1) is 12.8 Å². The third-order valence-corrected chi connectivity index (χ3v) is 4.88. The first-order valence-corrected chi connectivity index (χ1v) is 8.00. The third kappa shape index (κ3) is 3.28. The maximum absolute atomic E-state index is 6.24. The molecule has 2 fully saturated rings. The summed E-state index contributed by atoms with van der Waals surface area (Å²) in [6.45, 7) is 6.62. The van der Waals surface area contributed by atoms with Crippen LogP contribution >= 0.6 is 0 Å². The van der Waals surface area contributed by atoms with Gasteiger partial charge in [-0.1, -0.05) is 12.5 Å². The smallest absolute Gasteiger partial charge is 0.0859 e. The Morgan fingerprint density at radius 3 is 3.19 bits per heavy atom. The molecule has 1 spiro atoms. The standard InChI is InChI=1S/C17H26N2O2/c1-14-5-3-7-16(18-14)11-19-9-10-21-17(13-19)8-4-6-15(17)12-20-2/h3,5,7,15H,4,6,8-13H2,1-2H3/t15-,17-/m0/s1.